The van der Waals surface area contributed by atoms with E-state index in [1.807, 2.05) is 0 Å². The molecule has 2 aliphatic rings. The van der Waals surface area contributed by atoms with Crippen molar-refractivity contribution in [3.63, 3.8) is 0 Å². The van der Waals surface area contributed by atoms with Gasteiger partial charge < -0.3 is 5.32 Å². The van der Waals surface area contributed by atoms with E-state index in [-0.39, 0.29) is 5.82 Å². The van der Waals surface area contributed by atoms with Crippen molar-refractivity contribution in [3.05, 3.63) is 24.0 Å². The van der Waals surface area contributed by atoms with Gasteiger partial charge in [-0.25, -0.2) is 9.37 Å². The molecule has 0 spiro atoms. The highest BCUT2D eigenvalue weighted by atomic mass is 32.1. The first-order valence-corrected chi connectivity index (χ1v) is 8.33. The average molecular weight is 290 g/mol. The molecule has 20 heavy (non-hydrogen) atoms. The summed E-state index contributed by atoms with van der Waals surface area (Å²) in [7, 11) is 0. The first kappa shape index (κ1) is 12.6. The van der Waals surface area contributed by atoms with E-state index in [1.54, 1.807) is 23.5 Å². The fourth-order valence-corrected chi connectivity index (χ4v) is 5.16. The molecule has 2 bridgehead atoms. The molecule has 4 atom stereocenters. The molecule has 0 radical (unpaired) electrons. The van der Waals surface area contributed by atoms with Gasteiger partial charge >= 0.3 is 0 Å². The lowest BCUT2D eigenvalue weighted by Gasteiger charge is -2.28. The van der Waals surface area contributed by atoms with Gasteiger partial charge in [0.15, 0.2) is 5.13 Å². The molecule has 2 aliphatic carbocycles. The lowest BCUT2D eigenvalue weighted by Crippen LogP contribution is -2.29. The highest BCUT2D eigenvalue weighted by Gasteiger charge is 2.41. The number of hydrogen-bond donors (Lipinski definition) is 1. The van der Waals surface area contributed by atoms with Gasteiger partial charge in [-0.2, -0.15) is 0 Å². The number of rotatable bonds is 3. The molecule has 4 heteroatoms. The van der Waals surface area contributed by atoms with Crippen LogP contribution < -0.4 is 5.32 Å². The molecule has 4 rings (SSSR count). The number of thiazole rings is 1. The molecular formula is C16H19FN2S. The Bertz CT molecular complexity index is 638. The van der Waals surface area contributed by atoms with Crippen LogP contribution in [0.4, 0.5) is 9.52 Å². The van der Waals surface area contributed by atoms with Crippen LogP contribution in [0.15, 0.2) is 18.2 Å². The quantitative estimate of drug-likeness (QED) is 0.888. The Morgan fingerprint density at radius 3 is 3.00 bits per heavy atom. The van der Waals surface area contributed by atoms with Crippen LogP contribution in [0.3, 0.4) is 0 Å². The fourth-order valence-electron chi connectivity index (χ4n) is 4.17. The van der Waals surface area contributed by atoms with Crippen molar-refractivity contribution >= 4 is 26.7 Å². The molecule has 106 valence electrons. The SMILES string of the molecule is CC(Nc1nc2ccc(F)cc2s1)C1CC2CCC1C2. The minimum absolute atomic E-state index is 0.186. The summed E-state index contributed by atoms with van der Waals surface area (Å²) in [5, 5.41) is 4.49. The average Bonchev–Trinajstić information content (AvgIpc) is 3.11. The number of nitrogens with zero attached hydrogens (tertiary/aromatic N) is 1. The van der Waals surface area contributed by atoms with Crippen LogP contribution in [0.25, 0.3) is 10.2 Å². The zero-order valence-electron chi connectivity index (χ0n) is 11.6. The summed E-state index contributed by atoms with van der Waals surface area (Å²) in [4.78, 5) is 4.57. The standard InChI is InChI=1S/C16H19FN2S/c1-9(13-7-10-2-3-11(13)6-10)18-16-19-14-5-4-12(17)8-15(14)20-16/h4-5,8-11,13H,2-3,6-7H2,1H3,(H,18,19). The molecule has 0 amide bonds. The largest absolute Gasteiger partial charge is 0.359 e. The van der Waals surface area contributed by atoms with E-state index in [0.29, 0.717) is 6.04 Å². The summed E-state index contributed by atoms with van der Waals surface area (Å²) < 4.78 is 14.1. The monoisotopic (exact) mass is 290 g/mol. The minimum Gasteiger partial charge on any atom is -0.359 e. The Morgan fingerprint density at radius 1 is 1.35 bits per heavy atom. The predicted octanol–water partition coefficient (Wildman–Crippen LogP) is 4.67. The van der Waals surface area contributed by atoms with Gasteiger partial charge in [-0.05, 0) is 62.1 Å². The Balaban J connectivity index is 1.52. The minimum atomic E-state index is -0.186. The lowest BCUT2D eigenvalue weighted by molar-refractivity contribution is 0.304. The molecule has 1 aromatic carbocycles. The molecule has 0 saturated heterocycles. The second kappa shape index (κ2) is 4.69. The van der Waals surface area contributed by atoms with Gasteiger partial charge in [0.1, 0.15) is 5.82 Å². The van der Waals surface area contributed by atoms with Gasteiger partial charge in [-0.1, -0.05) is 17.8 Å². The van der Waals surface area contributed by atoms with Crippen LogP contribution in [0.2, 0.25) is 0 Å². The van der Waals surface area contributed by atoms with Crippen molar-refractivity contribution in [2.24, 2.45) is 17.8 Å². The topological polar surface area (TPSA) is 24.9 Å². The van der Waals surface area contributed by atoms with Crippen molar-refractivity contribution in [1.29, 1.82) is 0 Å². The van der Waals surface area contributed by atoms with Crippen molar-refractivity contribution in [2.45, 2.75) is 38.6 Å². The Hall–Kier alpha value is -1.16. The Morgan fingerprint density at radius 2 is 2.25 bits per heavy atom. The van der Waals surface area contributed by atoms with E-state index in [4.69, 9.17) is 0 Å². The first-order valence-electron chi connectivity index (χ1n) is 7.51. The Kier molecular flexibility index (Phi) is 2.95. The second-order valence-corrected chi connectivity index (χ2v) is 7.43. The van der Waals surface area contributed by atoms with Gasteiger partial charge in [-0.3, -0.25) is 0 Å². The van der Waals surface area contributed by atoms with E-state index in [0.717, 1.165) is 33.1 Å². The smallest absolute Gasteiger partial charge is 0.184 e. The summed E-state index contributed by atoms with van der Waals surface area (Å²) in [6.07, 6.45) is 5.65. The second-order valence-electron chi connectivity index (χ2n) is 6.40. The zero-order valence-corrected chi connectivity index (χ0v) is 12.4. The van der Waals surface area contributed by atoms with E-state index in [1.165, 1.54) is 31.7 Å². The summed E-state index contributed by atoms with van der Waals surface area (Å²) in [5.74, 6) is 2.49. The van der Waals surface area contributed by atoms with Crippen LogP contribution in [0.1, 0.15) is 32.6 Å². The third kappa shape index (κ3) is 2.10. The molecule has 1 aromatic heterocycles. The van der Waals surface area contributed by atoms with Crippen LogP contribution in [-0.4, -0.2) is 11.0 Å². The predicted molar refractivity (Wildman–Crippen MR) is 81.6 cm³/mol. The van der Waals surface area contributed by atoms with Gasteiger partial charge in [0.05, 0.1) is 10.2 Å². The van der Waals surface area contributed by atoms with Crippen LogP contribution >= 0.6 is 11.3 Å². The summed E-state index contributed by atoms with van der Waals surface area (Å²) in [6, 6.07) is 5.27. The van der Waals surface area contributed by atoms with Crippen LogP contribution in [0.5, 0.6) is 0 Å². The third-order valence-electron chi connectivity index (χ3n) is 5.14. The van der Waals surface area contributed by atoms with E-state index in [2.05, 4.69) is 17.2 Å². The summed E-state index contributed by atoms with van der Waals surface area (Å²) >= 11 is 1.56. The van der Waals surface area contributed by atoms with Gasteiger partial charge in [0.25, 0.3) is 0 Å². The summed E-state index contributed by atoms with van der Waals surface area (Å²) in [6.45, 7) is 2.28. The fraction of sp³-hybridized carbons (Fsp3) is 0.562. The molecule has 2 nitrogen and oxygen atoms in total. The number of benzene rings is 1. The Labute approximate surface area is 122 Å². The molecule has 2 fully saturated rings. The number of halogens is 1. The van der Waals surface area contributed by atoms with E-state index in [9.17, 15) is 4.39 Å². The molecule has 1 heterocycles. The van der Waals surface area contributed by atoms with Gasteiger partial charge in [0, 0.05) is 6.04 Å². The van der Waals surface area contributed by atoms with E-state index < -0.39 is 0 Å². The van der Waals surface area contributed by atoms with Crippen LogP contribution in [-0.2, 0) is 0 Å². The number of fused-ring (bicyclic) bond motifs is 3. The molecular weight excluding hydrogens is 271 g/mol. The highest BCUT2D eigenvalue weighted by Crippen LogP contribution is 2.50. The maximum absolute atomic E-state index is 13.2. The molecule has 2 aromatic rings. The number of hydrogen-bond acceptors (Lipinski definition) is 3. The molecule has 0 aliphatic heterocycles. The van der Waals surface area contributed by atoms with Gasteiger partial charge in [-0.15, -0.1) is 0 Å². The molecule has 4 unspecified atom stereocenters. The molecule has 1 N–H and O–H groups in total. The van der Waals surface area contributed by atoms with Crippen molar-refractivity contribution in [3.8, 4) is 0 Å². The van der Waals surface area contributed by atoms with Crippen LogP contribution in [0, 0.1) is 23.6 Å². The van der Waals surface area contributed by atoms with Crippen molar-refractivity contribution in [1.82, 2.24) is 4.98 Å². The lowest BCUT2D eigenvalue weighted by atomic mass is 9.84. The highest BCUT2D eigenvalue weighted by molar-refractivity contribution is 7.22. The molecule has 2 saturated carbocycles. The maximum Gasteiger partial charge on any atom is 0.184 e. The zero-order chi connectivity index (χ0) is 13.7. The summed E-state index contributed by atoms with van der Waals surface area (Å²) in [5.41, 5.74) is 0.888. The van der Waals surface area contributed by atoms with E-state index >= 15 is 0 Å². The number of anilines is 1. The number of aromatic nitrogens is 1. The normalized spacial score (nSPS) is 30.0. The first-order chi connectivity index (χ1) is 9.69. The number of nitrogens with one attached hydrogen (secondary N) is 1. The maximum atomic E-state index is 13.2. The van der Waals surface area contributed by atoms with Crippen molar-refractivity contribution in [2.75, 3.05) is 5.32 Å². The van der Waals surface area contributed by atoms with Crippen molar-refractivity contribution < 1.29 is 4.39 Å². The third-order valence-corrected chi connectivity index (χ3v) is 6.09. The van der Waals surface area contributed by atoms with Gasteiger partial charge in [0.2, 0.25) is 0 Å².